The van der Waals surface area contributed by atoms with Crippen LogP contribution in [0.25, 0.3) is 0 Å². The molecule has 0 aliphatic rings. The Hall–Kier alpha value is -1.10. The third-order valence-electron chi connectivity index (χ3n) is 4.00. The minimum Gasteiger partial charge on any atom is -0.345 e. The summed E-state index contributed by atoms with van der Waals surface area (Å²) in [6.45, 7) is 8.01. The Morgan fingerprint density at radius 3 is 1.96 bits per heavy atom. The Bertz CT molecular complexity index is 311. The smallest absolute Gasteiger partial charge is 0.245 e. The van der Waals surface area contributed by atoms with E-state index in [-0.39, 0.29) is 11.8 Å². The molecule has 0 bridgehead atoms. The van der Waals surface area contributed by atoms with Gasteiger partial charge in [0.25, 0.3) is 0 Å². The van der Waals surface area contributed by atoms with Gasteiger partial charge < -0.3 is 16.0 Å². The molecular weight excluding hydrogens is 290 g/mol. The van der Waals surface area contributed by atoms with E-state index >= 15 is 0 Å². The highest BCUT2D eigenvalue weighted by molar-refractivity contribution is 5.86. The van der Waals surface area contributed by atoms with Gasteiger partial charge >= 0.3 is 0 Å². The zero-order chi connectivity index (χ0) is 17.5. The zero-order valence-electron chi connectivity index (χ0n) is 15.4. The number of nitrogens with zero attached hydrogens (tertiary/aromatic N) is 1. The van der Waals surface area contributed by atoms with Gasteiger partial charge in [-0.3, -0.25) is 9.59 Å². The number of nitrogens with two attached hydrogens (primary N) is 1. The van der Waals surface area contributed by atoms with Crippen LogP contribution in [0.4, 0.5) is 0 Å². The Kier molecular flexibility index (Phi) is 13.8. The summed E-state index contributed by atoms with van der Waals surface area (Å²) in [5.41, 5.74) is 5.53. The van der Waals surface area contributed by atoms with Crippen molar-refractivity contribution in [2.75, 3.05) is 19.6 Å². The highest BCUT2D eigenvalue weighted by atomic mass is 16.2. The van der Waals surface area contributed by atoms with Crippen molar-refractivity contribution in [1.29, 1.82) is 0 Å². The third kappa shape index (κ3) is 11.1. The molecule has 0 aliphatic heterocycles. The van der Waals surface area contributed by atoms with Crippen molar-refractivity contribution in [1.82, 2.24) is 10.2 Å². The molecule has 136 valence electrons. The monoisotopic (exact) mass is 327 g/mol. The van der Waals surface area contributed by atoms with Gasteiger partial charge in [0, 0.05) is 20.0 Å². The molecular formula is C18H37N3O2. The van der Waals surface area contributed by atoms with Crippen LogP contribution in [0.5, 0.6) is 0 Å². The molecule has 1 atom stereocenters. The average Bonchev–Trinajstić information content (AvgIpc) is 2.52. The molecule has 0 aromatic carbocycles. The van der Waals surface area contributed by atoms with Crippen LogP contribution in [0.15, 0.2) is 0 Å². The fourth-order valence-electron chi connectivity index (χ4n) is 2.65. The number of carbonyl (C=O) groups excluding carboxylic acids is 2. The first-order valence-corrected chi connectivity index (χ1v) is 9.32. The van der Waals surface area contributed by atoms with Crippen LogP contribution in [-0.2, 0) is 9.59 Å². The fraction of sp³-hybridized carbons (Fsp3) is 0.889. The topological polar surface area (TPSA) is 75.4 Å². The van der Waals surface area contributed by atoms with Gasteiger partial charge in [-0.15, -0.1) is 0 Å². The standard InChI is InChI=1S/C18H37N3O2/c1-4-6-10-14-21(15-11-7-5-2)18(23)17(20-16(3)22)12-8-9-13-19/h17H,4-15,19H2,1-3H3,(H,20,22)/t17-/m1/s1. The number of hydrogen-bond donors (Lipinski definition) is 2. The summed E-state index contributed by atoms with van der Waals surface area (Å²) < 4.78 is 0. The van der Waals surface area contributed by atoms with Gasteiger partial charge in [-0.05, 0) is 38.6 Å². The lowest BCUT2D eigenvalue weighted by molar-refractivity contribution is -0.136. The van der Waals surface area contributed by atoms with Gasteiger partial charge in [0.05, 0.1) is 0 Å². The van der Waals surface area contributed by atoms with E-state index in [4.69, 9.17) is 5.73 Å². The number of unbranched alkanes of at least 4 members (excludes halogenated alkanes) is 5. The van der Waals surface area contributed by atoms with E-state index in [2.05, 4.69) is 19.2 Å². The molecule has 23 heavy (non-hydrogen) atoms. The number of carbonyl (C=O) groups is 2. The molecule has 5 heteroatoms. The minimum absolute atomic E-state index is 0.0735. The van der Waals surface area contributed by atoms with E-state index < -0.39 is 6.04 Å². The van der Waals surface area contributed by atoms with Gasteiger partial charge in [0.2, 0.25) is 11.8 Å². The fourth-order valence-corrected chi connectivity index (χ4v) is 2.65. The van der Waals surface area contributed by atoms with E-state index in [9.17, 15) is 9.59 Å². The molecule has 5 nitrogen and oxygen atoms in total. The van der Waals surface area contributed by atoms with Crippen LogP contribution >= 0.6 is 0 Å². The number of rotatable bonds is 14. The van der Waals surface area contributed by atoms with Crippen LogP contribution in [-0.4, -0.2) is 42.4 Å². The normalized spacial score (nSPS) is 12.0. The molecule has 0 heterocycles. The lowest BCUT2D eigenvalue weighted by atomic mass is 10.1. The summed E-state index contributed by atoms with van der Waals surface area (Å²) in [6.07, 6.45) is 9.04. The first-order valence-electron chi connectivity index (χ1n) is 9.32. The van der Waals surface area contributed by atoms with Gasteiger partial charge in [0.1, 0.15) is 6.04 Å². The first kappa shape index (κ1) is 21.9. The van der Waals surface area contributed by atoms with Crippen LogP contribution in [0, 0.1) is 0 Å². The van der Waals surface area contributed by atoms with Crippen LogP contribution in [0.2, 0.25) is 0 Å². The van der Waals surface area contributed by atoms with Crippen LogP contribution in [0.1, 0.15) is 78.6 Å². The van der Waals surface area contributed by atoms with Gasteiger partial charge in [-0.25, -0.2) is 0 Å². The highest BCUT2D eigenvalue weighted by Gasteiger charge is 2.24. The molecule has 0 fully saturated rings. The molecule has 0 spiro atoms. The molecule has 0 aromatic rings. The largest absolute Gasteiger partial charge is 0.345 e. The second kappa shape index (κ2) is 14.5. The molecule has 0 aliphatic carbocycles. The Labute approximate surface area is 142 Å². The number of hydrogen-bond acceptors (Lipinski definition) is 3. The van der Waals surface area contributed by atoms with Crippen molar-refractivity contribution in [2.24, 2.45) is 5.73 Å². The third-order valence-corrected chi connectivity index (χ3v) is 4.00. The lowest BCUT2D eigenvalue weighted by Crippen LogP contribution is -2.48. The molecule has 0 saturated carbocycles. The van der Waals surface area contributed by atoms with Crippen molar-refractivity contribution < 1.29 is 9.59 Å². The lowest BCUT2D eigenvalue weighted by Gasteiger charge is -2.28. The average molecular weight is 328 g/mol. The van der Waals surface area contributed by atoms with Gasteiger partial charge in [-0.2, -0.15) is 0 Å². The highest BCUT2D eigenvalue weighted by Crippen LogP contribution is 2.09. The van der Waals surface area contributed by atoms with Crippen LogP contribution < -0.4 is 11.1 Å². The van der Waals surface area contributed by atoms with E-state index in [0.717, 1.165) is 64.5 Å². The maximum atomic E-state index is 12.8. The maximum absolute atomic E-state index is 12.8. The van der Waals surface area contributed by atoms with Crippen molar-refractivity contribution in [3.8, 4) is 0 Å². The van der Waals surface area contributed by atoms with E-state index in [1.165, 1.54) is 6.92 Å². The number of nitrogens with one attached hydrogen (secondary N) is 1. The Morgan fingerprint density at radius 2 is 1.52 bits per heavy atom. The molecule has 0 unspecified atom stereocenters. The SMILES string of the molecule is CCCCCN(CCCCC)C(=O)[C@@H](CCCCN)NC(C)=O. The summed E-state index contributed by atoms with van der Waals surface area (Å²) in [6, 6.07) is -0.401. The second-order valence-electron chi connectivity index (χ2n) is 6.28. The van der Waals surface area contributed by atoms with Crippen molar-refractivity contribution >= 4 is 11.8 Å². The summed E-state index contributed by atoms with van der Waals surface area (Å²) in [7, 11) is 0. The molecule has 0 radical (unpaired) electrons. The predicted molar refractivity (Wildman–Crippen MR) is 96.1 cm³/mol. The summed E-state index contributed by atoms with van der Waals surface area (Å²) in [5.74, 6) is -0.0670. The Balaban J connectivity index is 4.71. The molecule has 3 N–H and O–H groups in total. The van der Waals surface area contributed by atoms with Gasteiger partial charge in [-0.1, -0.05) is 39.5 Å². The predicted octanol–water partition coefficient (Wildman–Crippen LogP) is 2.83. The van der Waals surface area contributed by atoms with Crippen molar-refractivity contribution in [2.45, 2.75) is 84.6 Å². The Morgan fingerprint density at radius 1 is 0.957 bits per heavy atom. The second-order valence-corrected chi connectivity index (χ2v) is 6.28. The summed E-state index contributed by atoms with van der Waals surface area (Å²) >= 11 is 0. The summed E-state index contributed by atoms with van der Waals surface area (Å²) in [4.78, 5) is 26.2. The zero-order valence-corrected chi connectivity index (χ0v) is 15.4. The van der Waals surface area contributed by atoms with Crippen molar-refractivity contribution in [3.63, 3.8) is 0 Å². The molecule has 0 rings (SSSR count). The first-order chi connectivity index (χ1) is 11.1. The molecule has 0 aromatic heterocycles. The maximum Gasteiger partial charge on any atom is 0.245 e. The number of amides is 2. The van der Waals surface area contributed by atoms with E-state index in [1.807, 2.05) is 4.90 Å². The molecule has 2 amide bonds. The van der Waals surface area contributed by atoms with Crippen LogP contribution in [0.3, 0.4) is 0 Å². The van der Waals surface area contributed by atoms with Crippen molar-refractivity contribution in [3.05, 3.63) is 0 Å². The minimum atomic E-state index is -0.401. The van der Waals surface area contributed by atoms with E-state index in [1.54, 1.807) is 0 Å². The quantitative estimate of drug-likeness (QED) is 0.482. The van der Waals surface area contributed by atoms with Gasteiger partial charge in [0.15, 0.2) is 0 Å². The molecule has 0 saturated heterocycles. The summed E-state index contributed by atoms with van der Waals surface area (Å²) in [5, 5.41) is 2.83. The van der Waals surface area contributed by atoms with E-state index in [0.29, 0.717) is 13.0 Å².